The molecule has 1 fully saturated rings. The Morgan fingerprint density at radius 2 is 2.00 bits per heavy atom. The van der Waals surface area contributed by atoms with E-state index in [2.05, 4.69) is 4.74 Å². The minimum atomic E-state index is -3.29. The second kappa shape index (κ2) is 4.03. The number of hydrogen-bond acceptors (Lipinski definition) is 2. The minimum Gasteiger partial charge on any atom is -0.465 e. The quantitative estimate of drug-likeness (QED) is 0.642. The van der Waals surface area contributed by atoms with E-state index in [4.69, 9.17) is 0 Å². The van der Waals surface area contributed by atoms with E-state index >= 15 is 0 Å². The fourth-order valence-corrected chi connectivity index (χ4v) is 1.81. The zero-order valence-corrected chi connectivity index (χ0v) is 7.69. The highest BCUT2D eigenvalue weighted by Crippen LogP contribution is 2.34. The lowest BCUT2D eigenvalue weighted by atomic mass is 9.99. The highest BCUT2D eigenvalue weighted by Gasteiger charge is 2.42. The Labute approximate surface area is 76.3 Å². The van der Waals surface area contributed by atoms with Crippen LogP contribution in [0.3, 0.4) is 0 Å². The van der Waals surface area contributed by atoms with E-state index in [0.29, 0.717) is 0 Å². The van der Waals surface area contributed by atoms with Gasteiger partial charge in [0.25, 0.3) is 0 Å². The third-order valence-corrected chi connectivity index (χ3v) is 2.50. The van der Waals surface area contributed by atoms with E-state index in [9.17, 15) is 13.6 Å². The summed E-state index contributed by atoms with van der Waals surface area (Å²) in [6.45, 7) is 0. The third kappa shape index (κ3) is 2.64. The number of hydrogen-bond donors (Lipinski definition) is 0. The maximum absolute atomic E-state index is 13.0. The van der Waals surface area contributed by atoms with Crippen molar-refractivity contribution in [1.29, 1.82) is 0 Å². The van der Waals surface area contributed by atoms with Crippen molar-refractivity contribution in [2.75, 3.05) is 7.11 Å². The summed E-state index contributed by atoms with van der Waals surface area (Å²) < 4.78 is 30.0. The zero-order chi connectivity index (χ0) is 9.90. The van der Waals surface area contributed by atoms with Gasteiger partial charge in [-0.15, -0.1) is 0 Å². The number of alkyl halides is 2. The molecule has 0 aromatic rings. The van der Waals surface area contributed by atoms with Crippen molar-refractivity contribution in [2.45, 2.75) is 38.0 Å². The molecule has 0 aliphatic heterocycles. The van der Waals surface area contributed by atoms with Gasteiger partial charge in [0, 0.05) is 6.42 Å². The van der Waals surface area contributed by atoms with E-state index in [1.54, 1.807) is 0 Å². The van der Waals surface area contributed by atoms with Gasteiger partial charge in [-0.2, -0.15) is 8.78 Å². The van der Waals surface area contributed by atoms with Crippen LogP contribution in [0.1, 0.15) is 32.1 Å². The monoisotopic (exact) mass is 192 g/mol. The second-order valence-electron chi connectivity index (χ2n) is 3.55. The molecule has 2 nitrogen and oxygen atoms in total. The van der Waals surface area contributed by atoms with Crippen LogP contribution >= 0.6 is 0 Å². The first kappa shape index (κ1) is 10.4. The Bertz CT molecular complexity index is 186. The number of ether oxygens (including phenoxy) is 1. The summed E-state index contributed by atoms with van der Waals surface area (Å²) in [7, 11) is 0.991. The molecule has 0 heterocycles. The smallest absolute Gasteiger partial charge is 0.376 e. The van der Waals surface area contributed by atoms with Crippen molar-refractivity contribution in [2.24, 2.45) is 5.92 Å². The molecule has 13 heavy (non-hydrogen) atoms. The molecule has 76 valence electrons. The van der Waals surface area contributed by atoms with Crippen LogP contribution in [-0.4, -0.2) is 19.0 Å². The molecule has 1 aliphatic rings. The van der Waals surface area contributed by atoms with Gasteiger partial charge in [0.15, 0.2) is 0 Å². The van der Waals surface area contributed by atoms with E-state index in [1.807, 2.05) is 0 Å². The fourth-order valence-electron chi connectivity index (χ4n) is 1.81. The molecule has 0 atom stereocenters. The second-order valence-corrected chi connectivity index (χ2v) is 3.55. The van der Waals surface area contributed by atoms with E-state index in [1.165, 1.54) is 0 Å². The average Bonchev–Trinajstić information content (AvgIpc) is 2.54. The zero-order valence-electron chi connectivity index (χ0n) is 7.69. The lowest BCUT2D eigenvalue weighted by Crippen LogP contribution is -2.31. The Kier molecular flexibility index (Phi) is 3.22. The molecule has 0 amide bonds. The summed E-state index contributed by atoms with van der Waals surface area (Å²) in [5.74, 6) is -4.70. The third-order valence-electron chi connectivity index (χ3n) is 2.50. The van der Waals surface area contributed by atoms with Gasteiger partial charge in [-0.05, 0) is 5.92 Å². The SMILES string of the molecule is COC(=O)C(F)(F)CC1CCCC1. The fraction of sp³-hybridized carbons (Fsp3) is 0.889. The number of carbonyl (C=O) groups is 1. The van der Waals surface area contributed by atoms with Gasteiger partial charge in [0.05, 0.1) is 7.11 Å². The molecule has 1 rings (SSSR count). The topological polar surface area (TPSA) is 26.3 Å². The molecule has 0 unspecified atom stereocenters. The van der Waals surface area contributed by atoms with Crippen LogP contribution in [-0.2, 0) is 9.53 Å². The van der Waals surface area contributed by atoms with Crippen LogP contribution in [0.5, 0.6) is 0 Å². The lowest BCUT2D eigenvalue weighted by Gasteiger charge is -2.17. The number of rotatable bonds is 3. The van der Waals surface area contributed by atoms with Crippen molar-refractivity contribution in [3.8, 4) is 0 Å². The molecule has 0 radical (unpaired) electrons. The first-order valence-corrected chi connectivity index (χ1v) is 4.52. The van der Waals surface area contributed by atoms with Gasteiger partial charge in [-0.1, -0.05) is 25.7 Å². The van der Waals surface area contributed by atoms with Crippen LogP contribution in [0.15, 0.2) is 0 Å². The number of esters is 1. The standard InChI is InChI=1S/C9H14F2O2/c1-13-8(12)9(10,11)6-7-4-2-3-5-7/h7H,2-6H2,1H3. The Morgan fingerprint density at radius 3 is 2.46 bits per heavy atom. The van der Waals surface area contributed by atoms with Crippen molar-refractivity contribution in [3.05, 3.63) is 0 Å². The molecule has 0 aromatic carbocycles. The Balaban J connectivity index is 2.44. The summed E-state index contributed by atoms with van der Waals surface area (Å²) in [5, 5.41) is 0. The van der Waals surface area contributed by atoms with Gasteiger partial charge >= 0.3 is 11.9 Å². The lowest BCUT2D eigenvalue weighted by molar-refractivity contribution is -0.171. The van der Waals surface area contributed by atoms with Crippen molar-refractivity contribution in [3.63, 3.8) is 0 Å². The molecular weight excluding hydrogens is 178 g/mol. The number of halogens is 2. The molecule has 1 saturated carbocycles. The first-order valence-electron chi connectivity index (χ1n) is 4.52. The van der Waals surface area contributed by atoms with Crippen LogP contribution in [0.25, 0.3) is 0 Å². The van der Waals surface area contributed by atoms with Gasteiger partial charge in [-0.25, -0.2) is 4.79 Å². The predicted octanol–water partition coefficient (Wildman–Crippen LogP) is 2.38. The highest BCUT2D eigenvalue weighted by atomic mass is 19.3. The van der Waals surface area contributed by atoms with Gasteiger partial charge in [-0.3, -0.25) is 0 Å². The largest absolute Gasteiger partial charge is 0.465 e. The molecular formula is C9H14F2O2. The number of carbonyl (C=O) groups excluding carboxylic acids is 1. The molecule has 0 saturated heterocycles. The van der Waals surface area contributed by atoms with E-state index in [-0.39, 0.29) is 12.3 Å². The molecule has 0 N–H and O–H groups in total. The molecule has 0 spiro atoms. The summed E-state index contributed by atoms with van der Waals surface area (Å²) in [5.41, 5.74) is 0. The van der Waals surface area contributed by atoms with Crippen molar-refractivity contribution < 1.29 is 18.3 Å². The molecule has 1 aliphatic carbocycles. The van der Waals surface area contributed by atoms with Gasteiger partial charge < -0.3 is 4.74 Å². The molecule has 4 heteroatoms. The highest BCUT2D eigenvalue weighted by molar-refractivity contribution is 5.77. The summed E-state index contributed by atoms with van der Waals surface area (Å²) in [4.78, 5) is 10.6. The van der Waals surface area contributed by atoms with Crippen LogP contribution in [0.2, 0.25) is 0 Å². The first-order chi connectivity index (χ1) is 6.06. The maximum atomic E-state index is 13.0. The minimum absolute atomic E-state index is 0.00546. The Hall–Kier alpha value is -0.670. The Morgan fingerprint density at radius 1 is 1.46 bits per heavy atom. The summed E-state index contributed by atoms with van der Waals surface area (Å²) in [6.07, 6.45) is 3.28. The summed E-state index contributed by atoms with van der Waals surface area (Å²) in [6, 6.07) is 0. The van der Waals surface area contributed by atoms with Crippen LogP contribution in [0, 0.1) is 5.92 Å². The average molecular weight is 192 g/mol. The maximum Gasteiger partial charge on any atom is 0.376 e. The van der Waals surface area contributed by atoms with Gasteiger partial charge in [0.1, 0.15) is 0 Å². The van der Waals surface area contributed by atoms with E-state index in [0.717, 1.165) is 32.8 Å². The normalized spacial score (nSPS) is 19.0. The molecule has 0 bridgehead atoms. The van der Waals surface area contributed by atoms with Crippen LogP contribution < -0.4 is 0 Å². The molecule has 0 aromatic heterocycles. The van der Waals surface area contributed by atoms with Crippen LogP contribution in [0.4, 0.5) is 8.78 Å². The van der Waals surface area contributed by atoms with Gasteiger partial charge in [0.2, 0.25) is 0 Å². The van der Waals surface area contributed by atoms with Crippen molar-refractivity contribution >= 4 is 5.97 Å². The number of methoxy groups -OCH3 is 1. The van der Waals surface area contributed by atoms with Crippen molar-refractivity contribution in [1.82, 2.24) is 0 Å². The van der Waals surface area contributed by atoms with E-state index < -0.39 is 11.9 Å². The predicted molar refractivity (Wildman–Crippen MR) is 43.5 cm³/mol. The summed E-state index contributed by atoms with van der Waals surface area (Å²) >= 11 is 0.